The van der Waals surface area contributed by atoms with Crippen molar-refractivity contribution in [2.24, 2.45) is 22.7 Å². The third-order valence-corrected chi connectivity index (χ3v) is 4.07. The van der Waals surface area contributed by atoms with Crippen molar-refractivity contribution in [2.45, 2.75) is 98.8 Å². The van der Waals surface area contributed by atoms with Gasteiger partial charge >= 0.3 is 0 Å². The standard InChI is InChI=1S/C20H41N/c1-6-7-8-11-14-21-15-12-9-10-13-20(16-18(2)3)17-19(4)5/h15,18-20H,6-14,16-17H2,1-5H3. The number of hydrogen-bond donors (Lipinski definition) is 0. The van der Waals surface area contributed by atoms with E-state index in [1.807, 2.05) is 0 Å². The van der Waals surface area contributed by atoms with Crippen LogP contribution < -0.4 is 0 Å². The van der Waals surface area contributed by atoms with E-state index in [2.05, 4.69) is 45.8 Å². The predicted octanol–water partition coefficient (Wildman–Crippen LogP) is 6.91. The lowest BCUT2D eigenvalue weighted by Gasteiger charge is -2.20. The first-order chi connectivity index (χ1) is 10.1. The molecular weight excluding hydrogens is 254 g/mol. The van der Waals surface area contributed by atoms with E-state index >= 15 is 0 Å². The van der Waals surface area contributed by atoms with Crippen molar-refractivity contribution in [3.63, 3.8) is 0 Å². The van der Waals surface area contributed by atoms with Crippen LogP contribution in [0.15, 0.2) is 4.99 Å². The maximum Gasteiger partial charge on any atom is 0.0385 e. The molecule has 0 bridgehead atoms. The summed E-state index contributed by atoms with van der Waals surface area (Å²) in [7, 11) is 0. The molecule has 0 aromatic carbocycles. The van der Waals surface area contributed by atoms with E-state index in [9.17, 15) is 0 Å². The summed E-state index contributed by atoms with van der Waals surface area (Å²) < 4.78 is 0. The molecule has 0 heterocycles. The van der Waals surface area contributed by atoms with E-state index in [1.165, 1.54) is 64.2 Å². The van der Waals surface area contributed by atoms with Crippen molar-refractivity contribution in [3.05, 3.63) is 0 Å². The molecular formula is C20H41N. The van der Waals surface area contributed by atoms with Crippen LogP contribution in [0.3, 0.4) is 0 Å². The minimum Gasteiger partial charge on any atom is -0.298 e. The number of unbranched alkanes of at least 4 members (excludes halogenated alkanes) is 5. The van der Waals surface area contributed by atoms with Gasteiger partial charge in [0.05, 0.1) is 0 Å². The molecule has 1 nitrogen and oxygen atoms in total. The van der Waals surface area contributed by atoms with E-state index in [0.29, 0.717) is 0 Å². The molecule has 0 radical (unpaired) electrons. The Kier molecular flexibility index (Phi) is 14.4. The van der Waals surface area contributed by atoms with Crippen molar-refractivity contribution < 1.29 is 0 Å². The second-order valence-corrected chi connectivity index (χ2v) is 7.56. The Morgan fingerprint density at radius 1 is 0.810 bits per heavy atom. The second-order valence-electron chi connectivity index (χ2n) is 7.56. The highest BCUT2D eigenvalue weighted by atomic mass is 14.7. The molecule has 0 atom stereocenters. The maximum atomic E-state index is 4.53. The summed E-state index contributed by atoms with van der Waals surface area (Å²) in [4.78, 5) is 4.53. The summed E-state index contributed by atoms with van der Waals surface area (Å²) in [6, 6.07) is 0. The normalized spacial score (nSPS) is 12.4. The number of hydrogen-bond acceptors (Lipinski definition) is 1. The van der Waals surface area contributed by atoms with Gasteiger partial charge in [-0.15, -0.1) is 0 Å². The molecule has 0 saturated heterocycles. The topological polar surface area (TPSA) is 12.4 Å². The Labute approximate surface area is 135 Å². The molecule has 0 rings (SSSR count). The Bertz CT molecular complexity index is 220. The van der Waals surface area contributed by atoms with Gasteiger partial charge in [0.15, 0.2) is 0 Å². The Balaban J connectivity index is 3.58. The zero-order valence-corrected chi connectivity index (χ0v) is 15.5. The summed E-state index contributed by atoms with van der Waals surface area (Å²) in [6.07, 6.45) is 15.6. The van der Waals surface area contributed by atoms with Crippen molar-refractivity contribution in [3.8, 4) is 0 Å². The summed E-state index contributed by atoms with van der Waals surface area (Å²) in [5.41, 5.74) is 0. The van der Waals surface area contributed by atoms with Gasteiger partial charge in [0.1, 0.15) is 0 Å². The molecule has 0 unspecified atom stereocenters. The van der Waals surface area contributed by atoms with Crippen molar-refractivity contribution in [1.29, 1.82) is 0 Å². The molecule has 0 aromatic heterocycles. The van der Waals surface area contributed by atoms with Crippen molar-refractivity contribution in [1.82, 2.24) is 0 Å². The Morgan fingerprint density at radius 3 is 2.05 bits per heavy atom. The average Bonchev–Trinajstić information content (AvgIpc) is 2.39. The number of aliphatic imine (C=N–C) groups is 1. The predicted molar refractivity (Wildman–Crippen MR) is 98.4 cm³/mol. The largest absolute Gasteiger partial charge is 0.298 e. The highest BCUT2D eigenvalue weighted by Crippen LogP contribution is 2.25. The first-order valence-electron chi connectivity index (χ1n) is 9.54. The average molecular weight is 296 g/mol. The van der Waals surface area contributed by atoms with Crippen molar-refractivity contribution in [2.75, 3.05) is 6.54 Å². The molecule has 0 N–H and O–H groups in total. The molecule has 0 fully saturated rings. The first kappa shape index (κ1) is 20.7. The number of rotatable bonds is 14. The van der Waals surface area contributed by atoms with Gasteiger partial charge in [-0.05, 0) is 56.1 Å². The van der Waals surface area contributed by atoms with Crippen LogP contribution in [0.1, 0.15) is 98.8 Å². The van der Waals surface area contributed by atoms with Gasteiger partial charge in [-0.2, -0.15) is 0 Å². The van der Waals surface area contributed by atoms with Crippen LogP contribution in [0.2, 0.25) is 0 Å². The zero-order valence-electron chi connectivity index (χ0n) is 15.5. The van der Waals surface area contributed by atoms with Crippen molar-refractivity contribution >= 4 is 6.21 Å². The lowest BCUT2D eigenvalue weighted by atomic mass is 9.86. The maximum absolute atomic E-state index is 4.53. The minimum absolute atomic E-state index is 0.846. The van der Waals surface area contributed by atoms with Crippen LogP contribution in [0.5, 0.6) is 0 Å². The molecule has 0 aliphatic heterocycles. The molecule has 0 spiro atoms. The second kappa shape index (κ2) is 14.6. The van der Waals surface area contributed by atoms with Crippen LogP contribution in [0.25, 0.3) is 0 Å². The van der Waals surface area contributed by atoms with E-state index in [-0.39, 0.29) is 0 Å². The zero-order chi connectivity index (χ0) is 15.9. The number of nitrogens with zero attached hydrogens (tertiary/aromatic N) is 1. The van der Waals surface area contributed by atoms with Gasteiger partial charge in [-0.25, -0.2) is 0 Å². The lowest BCUT2D eigenvalue weighted by molar-refractivity contribution is 0.317. The molecule has 1 heteroatoms. The Hall–Kier alpha value is -0.330. The fourth-order valence-corrected chi connectivity index (χ4v) is 3.15. The first-order valence-corrected chi connectivity index (χ1v) is 9.54. The highest BCUT2D eigenvalue weighted by molar-refractivity contribution is 5.56. The quantitative estimate of drug-likeness (QED) is 0.244. The van der Waals surface area contributed by atoms with Gasteiger partial charge < -0.3 is 0 Å². The van der Waals surface area contributed by atoms with Gasteiger partial charge in [-0.1, -0.05) is 66.7 Å². The molecule has 0 saturated carbocycles. The smallest absolute Gasteiger partial charge is 0.0385 e. The molecule has 126 valence electrons. The van der Waals surface area contributed by atoms with Gasteiger partial charge in [0, 0.05) is 6.54 Å². The Morgan fingerprint density at radius 2 is 1.48 bits per heavy atom. The lowest BCUT2D eigenvalue weighted by Crippen LogP contribution is -2.08. The summed E-state index contributed by atoms with van der Waals surface area (Å²) >= 11 is 0. The van der Waals surface area contributed by atoms with E-state index in [1.54, 1.807) is 0 Å². The molecule has 0 amide bonds. The fraction of sp³-hybridized carbons (Fsp3) is 0.950. The molecule has 0 aromatic rings. The van der Waals surface area contributed by atoms with Gasteiger partial charge in [-0.3, -0.25) is 4.99 Å². The van der Waals surface area contributed by atoms with Crippen LogP contribution in [0.4, 0.5) is 0 Å². The highest BCUT2D eigenvalue weighted by Gasteiger charge is 2.12. The minimum atomic E-state index is 0.846. The molecule has 0 aliphatic carbocycles. The van der Waals surface area contributed by atoms with Crippen LogP contribution in [-0.4, -0.2) is 12.8 Å². The fourth-order valence-electron chi connectivity index (χ4n) is 3.15. The molecule has 0 aliphatic rings. The monoisotopic (exact) mass is 295 g/mol. The summed E-state index contributed by atoms with van der Waals surface area (Å²) in [5, 5.41) is 0. The third kappa shape index (κ3) is 15.9. The SMILES string of the molecule is CCCCCCN=CCCCCC(CC(C)C)CC(C)C. The van der Waals surface area contributed by atoms with E-state index in [0.717, 1.165) is 24.3 Å². The molecule has 21 heavy (non-hydrogen) atoms. The van der Waals surface area contributed by atoms with Gasteiger partial charge in [0.25, 0.3) is 0 Å². The van der Waals surface area contributed by atoms with Crippen LogP contribution in [0, 0.1) is 17.8 Å². The van der Waals surface area contributed by atoms with E-state index in [4.69, 9.17) is 0 Å². The van der Waals surface area contributed by atoms with Gasteiger partial charge in [0.2, 0.25) is 0 Å². The summed E-state index contributed by atoms with van der Waals surface area (Å²) in [6.45, 7) is 12.7. The third-order valence-electron chi connectivity index (χ3n) is 4.07. The summed E-state index contributed by atoms with van der Waals surface area (Å²) in [5.74, 6) is 2.63. The van der Waals surface area contributed by atoms with Crippen LogP contribution in [-0.2, 0) is 0 Å². The van der Waals surface area contributed by atoms with E-state index < -0.39 is 0 Å². The van der Waals surface area contributed by atoms with Crippen LogP contribution >= 0.6 is 0 Å².